The van der Waals surface area contributed by atoms with E-state index in [2.05, 4.69) is 0 Å². The molecule has 1 aromatic carbocycles. The Hall–Kier alpha value is -3.39. The van der Waals surface area contributed by atoms with Crippen LogP contribution in [0.25, 0.3) is 10.9 Å². The smallest absolute Gasteiger partial charge is 0.325 e. The number of piperidine rings is 1. The van der Waals surface area contributed by atoms with Crippen LogP contribution in [0.15, 0.2) is 53.5 Å². The number of aromatic nitrogens is 2. The highest BCUT2D eigenvalue weighted by Crippen LogP contribution is 2.40. The van der Waals surface area contributed by atoms with Gasteiger partial charge in [0.15, 0.2) is 0 Å². The number of hydrogen-bond acceptors (Lipinski definition) is 4. The Morgan fingerprint density at radius 2 is 1.84 bits per heavy atom. The first-order valence-corrected chi connectivity index (χ1v) is 10.4. The molecule has 0 spiro atoms. The molecule has 8 nitrogen and oxygen atoms in total. The zero-order chi connectivity index (χ0) is 21.7. The summed E-state index contributed by atoms with van der Waals surface area (Å²) in [6.07, 6.45) is 2.60. The van der Waals surface area contributed by atoms with Crippen LogP contribution in [0, 0.1) is 5.92 Å². The number of carboxylic acids is 2. The van der Waals surface area contributed by atoms with Gasteiger partial charge >= 0.3 is 11.9 Å². The molecule has 1 fully saturated rings. The van der Waals surface area contributed by atoms with E-state index in [1.807, 2.05) is 39.8 Å². The molecule has 2 N–H and O–H groups in total. The van der Waals surface area contributed by atoms with Gasteiger partial charge in [0.2, 0.25) is 0 Å². The predicted octanol–water partition coefficient (Wildman–Crippen LogP) is 2.13. The van der Waals surface area contributed by atoms with Crippen molar-refractivity contribution in [3.63, 3.8) is 0 Å². The molecule has 5 rings (SSSR count). The summed E-state index contributed by atoms with van der Waals surface area (Å²) >= 11 is 0. The maximum atomic E-state index is 12.5. The van der Waals surface area contributed by atoms with E-state index in [1.54, 1.807) is 22.9 Å². The highest BCUT2D eigenvalue weighted by atomic mass is 16.4. The average Bonchev–Trinajstić information content (AvgIpc) is 3.06. The molecular weight excluding hydrogens is 398 g/mol. The third kappa shape index (κ3) is 3.33. The van der Waals surface area contributed by atoms with E-state index < -0.39 is 18.0 Å². The maximum absolute atomic E-state index is 12.5. The molecule has 3 atom stereocenters. The Labute approximate surface area is 177 Å². The molecule has 0 radical (unpaired) electrons. The lowest BCUT2D eigenvalue weighted by atomic mass is 9.82. The number of benzene rings is 1. The molecule has 1 saturated heterocycles. The van der Waals surface area contributed by atoms with Crippen LogP contribution in [0.1, 0.15) is 29.6 Å². The molecule has 8 heteroatoms. The summed E-state index contributed by atoms with van der Waals surface area (Å²) in [6, 6.07) is 11.7. The van der Waals surface area contributed by atoms with E-state index in [9.17, 15) is 24.6 Å². The number of fused-ring (bicyclic) bond motifs is 5. The fourth-order valence-electron chi connectivity index (χ4n) is 5.40. The molecule has 2 aromatic heterocycles. The molecular formula is C23H23N3O5. The zero-order valence-corrected chi connectivity index (χ0v) is 16.8. The lowest BCUT2D eigenvalue weighted by Crippen LogP contribution is -2.49. The lowest BCUT2D eigenvalue weighted by molar-refractivity contribution is -0.144. The SMILES string of the molecule is O=C(O)Cn1cc(C(C(=O)O)N2CC3CC(C2)c2cccc(=O)n2C3)c2ccccc21. The van der Waals surface area contributed by atoms with Crippen LogP contribution in [0.2, 0.25) is 0 Å². The minimum atomic E-state index is -0.978. The summed E-state index contributed by atoms with van der Waals surface area (Å²) < 4.78 is 3.42. The molecule has 4 heterocycles. The first kappa shape index (κ1) is 19.6. The van der Waals surface area contributed by atoms with Gasteiger partial charge in [-0.05, 0) is 24.5 Å². The van der Waals surface area contributed by atoms with Crippen LogP contribution in [0.5, 0.6) is 0 Å². The lowest BCUT2D eigenvalue weighted by Gasteiger charge is -2.44. The van der Waals surface area contributed by atoms with E-state index in [0.717, 1.165) is 17.5 Å². The summed E-state index contributed by atoms with van der Waals surface area (Å²) in [4.78, 5) is 38.1. The van der Waals surface area contributed by atoms with E-state index in [1.165, 1.54) is 0 Å². The van der Waals surface area contributed by atoms with Crippen molar-refractivity contribution < 1.29 is 19.8 Å². The van der Waals surface area contributed by atoms with Crippen LogP contribution in [-0.2, 0) is 22.7 Å². The first-order chi connectivity index (χ1) is 14.9. The van der Waals surface area contributed by atoms with Crippen molar-refractivity contribution in [3.8, 4) is 0 Å². The first-order valence-electron chi connectivity index (χ1n) is 10.4. The van der Waals surface area contributed by atoms with Crippen LogP contribution >= 0.6 is 0 Å². The van der Waals surface area contributed by atoms with Crippen LogP contribution in [-0.4, -0.2) is 49.3 Å². The fourth-order valence-corrected chi connectivity index (χ4v) is 5.40. The number of nitrogens with zero attached hydrogens (tertiary/aromatic N) is 3. The van der Waals surface area contributed by atoms with Crippen molar-refractivity contribution in [2.24, 2.45) is 5.92 Å². The molecule has 0 aliphatic carbocycles. The van der Waals surface area contributed by atoms with Crippen LogP contribution in [0.3, 0.4) is 0 Å². The monoisotopic (exact) mass is 421 g/mol. The second-order valence-electron chi connectivity index (χ2n) is 8.52. The molecule has 2 bridgehead atoms. The standard InChI is InChI=1S/C23H23N3O5/c27-20-7-3-6-18-15-8-14(10-26(18)20)9-25(11-15)22(23(30)31)17-12-24(13-21(28)29)19-5-2-1-4-16(17)19/h1-7,12,14-15,22H,8-11,13H2,(H,28,29)(H,30,31). The Kier molecular flexibility index (Phi) is 4.66. The van der Waals surface area contributed by atoms with Crippen LogP contribution in [0.4, 0.5) is 0 Å². The number of likely N-dealkylation sites (tertiary alicyclic amines) is 1. The number of aliphatic carboxylic acids is 2. The number of para-hydroxylation sites is 1. The van der Waals surface area contributed by atoms with Crippen molar-refractivity contribution in [1.82, 2.24) is 14.0 Å². The second kappa shape index (κ2) is 7.39. The van der Waals surface area contributed by atoms with Gasteiger partial charge in [-0.2, -0.15) is 0 Å². The quantitative estimate of drug-likeness (QED) is 0.654. The van der Waals surface area contributed by atoms with Gasteiger partial charge in [-0.15, -0.1) is 0 Å². The Morgan fingerprint density at radius 1 is 1.03 bits per heavy atom. The number of carbonyl (C=O) groups is 2. The second-order valence-corrected chi connectivity index (χ2v) is 8.52. The van der Waals surface area contributed by atoms with Gasteiger partial charge in [0.25, 0.3) is 5.56 Å². The minimum Gasteiger partial charge on any atom is -0.480 e. The van der Waals surface area contributed by atoms with E-state index in [4.69, 9.17) is 0 Å². The number of pyridine rings is 1. The molecule has 3 aromatic rings. The van der Waals surface area contributed by atoms with Gasteiger partial charge in [0, 0.05) is 60.0 Å². The van der Waals surface area contributed by atoms with E-state index in [0.29, 0.717) is 30.7 Å². The molecule has 0 amide bonds. The summed E-state index contributed by atoms with van der Waals surface area (Å²) in [5.74, 6) is -1.64. The average molecular weight is 421 g/mol. The molecule has 2 aliphatic heterocycles. The summed E-state index contributed by atoms with van der Waals surface area (Å²) in [5.41, 5.74) is 2.27. The Balaban J connectivity index is 1.56. The maximum Gasteiger partial charge on any atom is 0.325 e. The van der Waals surface area contributed by atoms with Gasteiger partial charge in [0.1, 0.15) is 12.6 Å². The van der Waals surface area contributed by atoms with Gasteiger partial charge in [0.05, 0.1) is 0 Å². The minimum absolute atomic E-state index is 0.00724. The van der Waals surface area contributed by atoms with Crippen LogP contribution < -0.4 is 5.56 Å². The third-order valence-corrected chi connectivity index (χ3v) is 6.53. The zero-order valence-electron chi connectivity index (χ0n) is 16.8. The van der Waals surface area contributed by atoms with Crippen molar-refractivity contribution in [2.45, 2.75) is 31.5 Å². The number of rotatable bonds is 5. The number of hydrogen-bond donors (Lipinski definition) is 2. The molecule has 31 heavy (non-hydrogen) atoms. The Morgan fingerprint density at radius 3 is 2.61 bits per heavy atom. The van der Waals surface area contributed by atoms with Crippen molar-refractivity contribution in [2.75, 3.05) is 13.1 Å². The molecule has 3 unspecified atom stereocenters. The van der Waals surface area contributed by atoms with Gasteiger partial charge in [-0.25, -0.2) is 0 Å². The van der Waals surface area contributed by atoms with E-state index in [-0.39, 0.29) is 23.9 Å². The van der Waals surface area contributed by atoms with Gasteiger partial charge in [-0.1, -0.05) is 24.3 Å². The summed E-state index contributed by atoms with van der Waals surface area (Å²) in [5, 5.41) is 20.2. The molecule has 160 valence electrons. The fraction of sp³-hybridized carbons (Fsp3) is 0.348. The number of carboxylic acid groups (broad SMARTS) is 2. The topological polar surface area (TPSA) is 105 Å². The highest BCUT2D eigenvalue weighted by molar-refractivity contribution is 5.90. The largest absolute Gasteiger partial charge is 0.480 e. The predicted molar refractivity (Wildman–Crippen MR) is 113 cm³/mol. The van der Waals surface area contributed by atoms with Crippen molar-refractivity contribution in [1.29, 1.82) is 0 Å². The third-order valence-electron chi connectivity index (χ3n) is 6.53. The van der Waals surface area contributed by atoms with Gasteiger partial charge in [-0.3, -0.25) is 19.3 Å². The molecule has 0 saturated carbocycles. The van der Waals surface area contributed by atoms with E-state index >= 15 is 0 Å². The summed E-state index contributed by atoms with van der Waals surface area (Å²) in [6.45, 7) is 1.48. The highest BCUT2D eigenvalue weighted by Gasteiger charge is 2.40. The van der Waals surface area contributed by atoms with Crippen molar-refractivity contribution in [3.05, 3.63) is 70.3 Å². The van der Waals surface area contributed by atoms with Crippen molar-refractivity contribution >= 4 is 22.8 Å². The van der Waals surface area contributed by atoms with Gasteiger partial charge < -0.3 is 19.3 Å². The summed E-state index contributed by atoms with van der Waals surface area (Å²) in [7, 11) is 0. The normalized spacial score (nSPS) is 21.5. The molecule has 2 aliphatic rings. The Bertz CT molecular complexity index is 1240.